The van der Waals surface area contributed by atoms with E-state index < -0.39 is 35.9 Å². The monoisotopic (exact) mass is 607 g/mol. The fourth-order valence-electron chi connectivity index (χ4n) is 4.85. The van der Waals surface area contributed by atoms with Crippen molar-refractivity contribution in [2.75, 3.05) is 26.3 Å². The number of rotatable bonds is 13. The standard InChI is InChI=1S/C34H41NO9/c1-34(2,3)43-33(39)44-35-20-29(36)31(30(21-35)42-23-25-10-12-27(13-11-25)32(37)38)26-14-16-28(17-15-26)41-19-7-18-40-22-24-8-5-4-6-9-24/h4-6,8-17,29-31,36H,7,18-23H2,1-3H3,(H,37,38). The summed E-state index contributed by atoms with van der Waals surface area (Å²) in [5.41, 5.74) is 2.19. The number of piperidine rings is 1. The van der Waals surface area contributed by atoms with Crippen LogP contribution in [0.2, 0.25) is 0 Å². The molecule has 0 spiro atoms. The molecule has 2 N–H and O–H groups in total. The van der Waals surface area contributed by atoms with Gasteiger partial charge in [-0.15, -0.1) is 5.06 Å². The minimum atomic E-state index is -1.01. The Kier molecular flexibility index (Phi) is 11.7. The SMILES string of the molecule is CC(C)(C)OC(=O)ON1CC(O)C(c2ccc(OCCCOCc3ccccc3)cc2)C(OCc2ccc(C(=O)O)cc2)C1. The first-order valence-electron chi connectivity index (χ1n) is 14.7. The van der Waals surface area contributed by atoms with E-state index in [1.807, 2.05) is 54.6 Å². The van der Waals surface area contributed by atoms with Gasteiger partial charge in [0, 0.05) is 12.3 Å². The quantitative estimate of drug-likeness (QED) is 0.188. The van der Waals surface area contributed by atoms with Crippen LogP contribution in [-0.2, 0) is 32.3 Å². The van der Waals surface area contributed by atoms with Crippen molar-refractivity contribution in [1.29, 1.82) is 0 Å². The number of hydroxylamine groups is 2. The van der Waals surface area contributed by atoms with Crippen LogP contribution in [0, 0.1) is 0 Å². The lowest BCUT2D eigenvalue weighted by Gasteiger charge is -2.40. The van der Waals surface area contributed by atoms with Gasteiger partial charge < -0.3 is 34.0 Å². The Morgan fingerprint density at radius 1 is 0.864 bits per heavy atom. The summed E-state index contributed by atoms with van der Waals surface area (Å²) >= 11 is 0. The van der Waals surface area contributed by atoms with Crippen LogP contribution in [-0.4, -0.2) is 71.5 Å². The van der Waals surface area contributed by atoms with Gasteiger partial charge in [0.15, 0.2) is 0 Å². The summed E-state index contributed by atoms with van der Waals surface area (Å²) in [5.74, 6) is -0.730. The summed E-state index contributed by atoms with van der Waals surface area (Å²) in [5, 5.41) is 21.7. The molecule has 1 saturated heterocycles. The molecule has 4 rings (SSSR count). The first kappa shape index (κ1) is 32.9. The number of ether oxygens (including phenoxy) is 4. The van der Waals surface area contributed by atoms with Crippen LogP contribution in [0.4, 0.5) is 4.79 Å². The van der Waals surface area contributed by atoms with Crippen molar-refractivity contribution in [3.8, 4) is 5.75 Å². The van der Waals surface area contributed by atoms with E-state index in [-0.39, 0.29) is 25.3 Å². The number of aliphatic hydroxyl groups excluding tert-OH is 1. The molecule has 3 unspecified atom stereocenters. The molecule has 1 aliphatic heterocycles. The van der Waals surface area contributed by atoms with Gasteiger partial charge in [0.25, 0.3) is 0 Å². The second kappa shape index (κ2) is 15.7. The molecule has 1 heterocycles. The number of nitrogens with zero attached hydrogens (tertiary/aromatic N) is 1. The molecule has 0 radical (unpaired) electrons. The Balaban J connectivity index is 1.36. The molecule has 236 valence electrons. The second-order valence-corrected chi connectivity index (χ2v) is 11.7. The van der Waals surface area contributed by atoms with E-state index >= 15 is 0 Å². The van der Waals surface area contributed by atoms with Crippen LogP contribution in [0.5, 0.6) is 5.75 Å². The fraction of sp³-hybridized carbons (Fsp3) is 0.412. The normalized spacial score (nSPS) is 18.9. The highest BCUT2D eigenvalue weighted by atomic mass is 16.8. The molecule has 1 fully saturated rings. The lowest BCUT2D eigenvalue weighted by atomic mass is 9.85. The largest absolute Gasteiger partial charge is 0.528 e. The zero-order valence-corrected chi connectivity index (χ0v) is 25.4. The molecule has 10 heteroatoms. The molecule has 3 aromatic carbocycles. The average Bonchev–Trinajstić information content (AvgIpc) is 2.98. The van der Waals surface area contributed by atoms with Gasteiger partial charge in [-0.1, -0.05) is 54.6 Å². The number of carboxylic acids is 1. The van der Waals surface area contributed by atoms with E-state index in [9.17, 15) is 19.8 Å². The van der Waals surface area contributed by atoms with Gasteiger partial charge in [0.05, 0.1) is 57.3 Å². The zero-order valence-electron chi connectivity index (χ0n) is 25.4. The number of benzene rings is 3. The summed E-state index contributed by atoms with van der Waals surface area (Å²) in [6, 6.07) is 23.9. The van der Waals surface area contributed by atoms with Gasteiger partial charge in [-0.3, -0.25) is 0 Å². The minimum absolute atomic E-state index is 0.0678. The van der Waals surface area contributed by atoms with Crippen molar-refractivity contribution in [2.24, 2.45) is 0 Å². The van der Waals surface area contributed by atoms with Crippen LogP contribution in [0.3, 0.4) is 0 Å². The maximum atomic E-state index is 12.3. The van der Waals surface area contributed by atoms with Crippen molar-refractivity contribution in [3.05, 3.63) is 101 Å². The number of hydrogen-bond acceptors (Lipinski definition) is 9. The smallest absolute Gasteiger partial charge is 0.494 e. The Bertz CT molecular complexity index is 1320. The molecule has 0 aromatic heterocycles. The average molecular weight is 608 g/mol. The van der Waals surface area contributed by atoms with Gasteiger partial charge >= 0.3 is 12.1 Å². The molecule has 3 atom stereocenters. The van der Waals surface area contributed by atoms with Gasteiger partial charge in [-0.25, -0.2) is 9.59 Å². The number of carbonyl (C=O) groups is 2. The van der Waals surface area contributed by atoms with E-state index in [0.717, 1.165) is 23.1 Å². The summed E-state index contributed by atoms with van der Waals surface area (Å²) in [6.45, 7) is 7.30. The molecule has 44 heavy (non-hydrogen) atoms. The molecule has 0 aliphatic carbocycles. The highest BCUT2D eigenvalue weighted by Crippen LogP contribution is 2.33. The van der Waals surface area contributed by atoms with Crippen molar-refractivity contribution < 1.29 is 43.6 Å². The van der Waals surface area contributed by atoms with E-state index in [1.54, 1.807) is 32.9 Å². The molecule has 1 aliphatic rings. The lowest BCUT2D eigenvalue weighted by Crippen LogP contribution is -2.52. The number of β-amino-alcohol motifs (C(OH)–C–C–N with tert-alkyl or cyclic N) is 1. The zero-order chi connectivity index (χ0) is 31.5. The highest BCUT2D eigenvalue weighted by Gasteiger charge is 2.40. The third-order valence-electron chi connectivity index (χ3n) is 6.93. The lowest BCUT2D eigenvalue weighted by molar-refractivity contribution is -0.201. The van der Waals surface area contributed by atoms with Crippen molar-refractivity contribution in [2.45, 2.75) is 64.1 Å². The van der Waals surface area contributed by atoms with Gasteiger partial charge in [0.1, 0.15) is 11.4 Å². The molecule has 3 aromatic rings. The van der Waals surface area contributed by atoms with Crippen LogP contribution in [0.1, 0.15) is 60.2 Å². The van der Waals surface area contributed by atoms with Gasteiger partial charge in [0.2, 0.25) is 0 Å². The number of carbonyl (C=O) groups excluding carboxylic acids is 1. The highest BCUT2D eigenvalue weighted by molar-refractivity contribution is 5.87. The Labute approximate surface area is 258 Å². The van der Waals surface area contributed by atoms with Crippen molar-refractivity contribution in [1.82, 2.24) is 5.06 Å². The molecule has 0 saturated carbocycles. The predicted molar refractivity (Wildman–Crippen MR) is 162 cm³/mol. The van der Waals surface area contributed by atoms with Crippen LogP contribution in [0.25, 0.3) is 0 Å². The van der Waals surface area contributed by atoms with Crippen LogP contribution >= 0.6 is 0 Å². The Hall–Kier alpha value is -3.96. The molecule has 0 bridgehead atoms. The van der Waals surface area contributed by atoms with Crippen LogP contribution < -0.4 is 4.74 Å². The summed E-state index contributed by atoms with van der Waals surface area (Å²) in [4.78, 5) is 28.9. The molecule has 10 nitrogen and oxygen atoms in total. The van der Waals surface area contributed by atoms with E-state index in [2.05, 4.69) is 0 Å². The summed E-state index contributed by atoms with van der Waals surface area (Å²) in [6.07, 6.45) is -1.60. The molecule has 0 amide bonds. The third-order valence-corrected chi connectivity index (χ3v) is 6.93. The molecular formula is C34H41NO9. The minimum Gasteiger partial charge on any atom is -0.494 e. The maximum absolute atomic E-state index is 12.3. The van der Waals surface area contributed by atoms with E-state index in [1.165, 1.54) is 17.2 Å². The first-order valence-corrected chi connectivity index (χ1v) is 14.7. The number of aliphatic hydroxyl groups is 1. The number of carboxylic acid groups (broad SMARTS) is 1. The number of hydrogen-bond donors (Lipinski definition) is 2. The first-order chi connectivity index (χ1) is 21.1. The van der Waals surface area contributed by atoms with Gasteiger partial charge in [-0.05, 0) is 61.7 Å². The Morgan fingerprint density at radius 3 is 2.20 bits per heavy atom. The van der Waals surface area contributed by atoms with Crippen molar-refractivity contribution >= 4 is 12.1 Å². The van der Waals surface area contributed by atoms with Crippen LogP contribution in [0.15, 0.2) is 78.9 Å². The fourth-order valence-corrected chi connectivity index (χ4v) is 4.85. The van der Waals surface area contributed by atoms with Gasteiger partial charge in [-0.2, -0.15) is 0 Å². The van der Waals surface area contributed by atoms with E-state index in [0.29, 0.717) is 25.6 Å². The van der Waals surface area contributed by atoms with Crippen molar-refractivity contribution in [3.63, 3.8) is 0 Å². The predicted octanol–water partition coefficient (Wildman–Crippen LogP) is 5.58. The number of aromatic carboxylic acids is 1. The topological polar surface area (TPSA) is 124 Å². The maximum Gasteiger partial charge on any atom is 0.528 e. The Morgan fingerprint density at radius 2 is 1.55 bits per heavy atom. The summed E-state index contributed by atoms with van der Waals surface area (Å²) in [7, 11) is 0. The summed E-state index contributed by atoms with van der Waals surface area (Å²) < 4.78 is 23.1. The second-order valence-electron chi connectivity index (χ2n) is 11.7. The van der Waals surface area contributed by atoms with E-state index in [4.69, 9.17) is 23.8 Å². The third kappa shape index (κ3) is 10.3. The molecular weight excluding hydrogens is 566 g/mol.